The standard InChI is InChI=1S/C13H14O3/c1-2-15-13-9-11(14)8-12(16-13)10-6-4-3-5-7-10/h3-8,13H,2,9H2,1H3. The zero-order chi connectivity index (χ0) is 11.4. The van der Waals surface area contributed by atoms with Crippen molar-refractivity contribution in [3.05, 3.63) is 42.0 Å². The molecule has 0 spiro atoms. The topological polar surface area (TPSA) is 35.5 Å². The van der Waals surface area contributed by atoms with Gasteiger partial charge in [-0.1, -0.05) is 30.3 Å². The van der Waals surface area contributed by atoms with Crippen molar-refractivity contribution in [3.63, 3.8) is 0 Å². The van der Waals surface area contributed by atoms with Gasteiger partial charge in [0.1, 0.15) is 5.76 Å². The summed E-state index contributed by atoms with van der Waals surface area (Å²) in [6.07, 6.45) is 1.38. The Hall–Kier alpha value is -1.61. The zero-order valence-electron chi connectivity index (χ0n) is 9.18. The molecule has 0 N–H and O–H groups in total. The fraction of sp³-hybridized carbons (Fsp3) is 0.308. The summed E-state index contributed by atoms with van der Waals surface area (Å²) < 4.78 is 10.9. The first-order valence-electron chi connectivity index (χ1n) is 5.38. The minimum absolute atomic E-state index is 0.0450. The molecule has 1 unspecified atom stereocenters. The van der Waals surface area contributed by atoms with Crippen molar-refractivity contribution in [1.29, 1.82) is 0 Å². The van der Waals surface area contributed by atoms with E-state index in [0.717, 1.165) is 5.56 Å². The van der Waals surface area contributed by atoms with Crippen LogP contribution in [0.3, 0.4) is 0 Å². The van der Waals surface area contributed by atoms with Gasteiger partial charge in [0.05, 0.1) is 6.42 Å². The van der Waals surface area contributed by atoms with Crippen LogP contribution in [-0.4, -0.2) is 18.7 Å². The molecule has 84 valence electrons. The second-order valence-electron chi connectivity index (χ2n) is 3.55. The monoisotopic (exact) mass is 218 g/mol. The molecule has 1 aromatic carbocycles. The van der Waals surface area contributed by atoms with Gasteiger partial charge >= 0.3 is 0 Å². The minimum Gasteiger partial charge on any atom is -0.464 e. The molecule has 0 saturated carbocycles. The van der Waals surface area contributed by atoms with Crippen LogP contribution in [0.5, 0.6) is 0 Å². The van der Waals surface area contributed by atoms with Gasteiger partial charge in [0.15, 0.2) is 5.78 Å². The van der Waals surface area contributed by atoms with Crippen LogP contribution in [0.1, 0.15) is 18.9 Å². The fourth-order valence-electron chi connectivity index (χ4n) is 1.62. The van der Waals surface area contributed by atoms with Gasteiger partial charge in [-0.2, -0.15) is 0 Å². The highest BCUT2D eigenvalue weighted by molar-refractivity contribution is 5.97. The molecule has 0 saturated heterocycles. The van der Waals surface area contributed by atoms with Crippen LogP contribution in [-0.2, 0) is 14.3 Å². The lowest BCUT2D eigenvalue weighted by molar-refractivity contribution is -0.134. The van der Waals surface area contributed by atoms with Gasteiger partial charge in [0, 0.05) is 18.2 Å². The van der Waals surface area contributed by atoms with E-state index in [-0.39, 0.29) is 5.78 Å². The molecule has 1 aromatic rings. The molecule has 1 heterocycles. The molecule has 2 rings (SSSR count). The van der Waals surface area contributed by atoms with Crippen molar-refractivity contribution in [2.75, 3.05) is 6.61 Å². The lowest BCUT2D eigenvalue weighted by Gasteiger charge is -2.23. The zero-order valence-corrected chi connectivity index (χ0v) is 9.18. The van der Waals surface area contributed by atoms with E-state index in [1.54, 1.807) is 0 Å². The highest BCUT2D eigenvalue weighted by Crippen LogP contribution is 2.23. The average molecular weight is 218 g/mol. The Morgan fingerprint density at radius 3 is 2.81 bits per heavy atom. The number of benzene rings is 1. The van der Waals surface area contributed by atoms with E-state index in [1.807, 2.05) is 37.3 Å². The van der Waals surface area contributed by atoms with Crippen LogP contribution >= 0.6 is 0 Å². The summed E-state index contributed by atoms with van der Waals surface area (Å²) in [5, 5.41) is 0. The summed E-state index contributed by atoms with van der Waals surface area (Å²) in [5.74, 6) is 0.638. The number of rotatable bonds is 3. The lowest BCUT2D eigenvalue weighted by atomic mass is 10.1. The molecule has 0 radical (unpaired) electrons. The van der Waals surface area contributed by atoms with Crippen molar-refractivity contribution in [3.8, 4) is 0 Å². The average Bonchev–Trinajstić information content (AvgIpc) is 2.30. The van der Waals surface area contributed by atoms with Gasteiger partial charge < -0.3 is 9.47 Å². The third-order valence-electron chi connectivity index (χ3n) is 2.33. The molecular weight excluding hydrogens is 204 g/mol. The molecule has 0 fully saturated rings. The highest BCUT2D eigenvalue weighted by Gasteiger charge is 2.22. The van der Waals surface area contributed by atoms with E-state index in [4.69, 9.17) is 9.47 Å². The largest absolute Gasteiger partial charge is 0.464 e. The molecular formula is C13H14O3. The molecule has 0 amide bonds. The number of ketones is 1. The Labute approximate surface area is 94.7 Å². The molecule has 0 aliphatic carbocycles. The Morgan fingerprint density at radius 2 is 2.12 bits per heavy atom. The number of hydrogen-bond donors (Lipinski definition) is 0. The minimum atomic E-state index is -0.447. The van der Waals surface area contributed by atoms with E-state index in [1.165, 1.54) is 6.08 Å². The van der Waals surface area contributed by atoms with Gasteiger partial charge in [0.2, 0.25) is 6.29 Å². The SMILES string of the molecule is CCOC1CC(=O)C=C(c2ccccc2)O1. The quantitative estimate of drug-likeness (QED) is 0.781. The van der Waals surface area contributed by atoms with Crippen LogP contribution in [0.4, 0.5) is 0 Å². The fourth-order valence-corrected chi connectivity index (χ4v) is 1.62. The number of carbonyl (C=O) groups is 1. The van der Waals surface area contributed by atoms with Gasteiger partial charge in [-0.15, -0.1) is 0 Å². The van der Waals surface area contributed by atoms with E-state index in [9.17, 15) is 4.79 Å². The second-order valence-corrected chi connectivity index (χ2v) is 3.55. The predicted molar refractivity (Wildman–Crippen MR) is 60.5 cm³/mol. The van der Waals surface area contributed by atoms with Crippen LogP contribution < -0.4 is 0 Å². The Bertz CT molecular complexity index is 395. The molecule has 1 aliphatic rings. The first-order chi connectivity index (χ1) is 7.79. The molecule has 3 nitrogen and oxygen atoms in total. The third kappa shape index (κ3) is 2.49. The number of ether oxygens (including phenoxy) is 2. The van der Waals surface area contributed by atoms with Gasteiger partial charge in [-0.05, 0) is 6.92 Å². The smallest absolute Gasteiger partial charge is 0.207 e. The first kappa shape index (κ1) is 10.9. The molecule has 3 heteroatoms. The maximum absolute atomic E-state index is 11.5. The summed E-state index contributed by atoms with van der Waals surface area (Å²) in [6.45, 7) is 2.42. The Balaban J connectivity index is 2.18. The predicted octanol–water partition coefficient (Wildman–Crippen LogP) is 2.38. The van der Waals surface area contributed by atoms with Crippen molar-refractivity contribution in [2.24, 2.45) is 0 Å². The van der Waals surface area contributed by atoms with E-state index < -0.39 is 6.29 Å². The molecule has 1 aliphatic heterocycles. The summed E-state index contributed by atoms with van der Waals surface area (Å²) in [4.78, 5) is 11.5. The summed E-state index contributed by atoms with van der Waals surface area (Å²) in [6, 6.07) is 9.57. The highest BCUT2D eigenvalue weighted by atomic mass is 16.7. The Kier molecular flexibility index (Phi) is 3.37. The maximum atomic E-state index is 11.5. The van der Waals surface area contributed by atoms with Crippen molar-refractivity contribution in [2.45, 2.75) is 19.6 Å². The Morgan fingerprint density at radius 1 is 1.38 bits per heavy atom. The van der Waals surface area contributed by atoms with Crippen molar-refractivity contribution in [1.82, 2.24) is 0 Å². The number of hydrogen-bond acceptors (Lipinski definition) is 3. The summed E-state index contributed by atoms with van der Waals surface area (Å²) in [7, 11) is 0. The number of carbonyl (C=O) groups excluding carboxylic acids is 1. The summed E-state index contributed by atoms with van der Waals surface area (Å²) in [5.41, 5.74) is 0.903. The van der Waals surface area contributed by atoms with Crippen LogP contribution in [0.15, 0.2) is 36.4 Å². The van der Waals surface area contributed by atoms with Crippen LogP contribution in [0.25, 0.3) is 5.76 Å². The maximum Gasteiger partial charge on any atom is 0.207 e. The molecule has 0 aromatic heterocycles. The van der Waals surface area contributed by atoms with E-state index in [2.05, 4.69) is 0 Å². The number of allylic oxidation sites excluding steroid dienone is 1. The van der Waals surface area contributed by atoms with Crippen LogP contribution in [0, 0.1) is 0 Å². The van der Waals surface area contributed by atoms with Crippen molar-refractivity contribution >= 4 is 11.5 Å². The third-order valence-corrected chi connectivity index (χ3v) is 2.33. The van der Waals surface area contributed by atoms with Crippen molar-refractivity contribution < 1.29 is 14.3 Å². The van der Waals surface area contributed by atoms with E-state index in [0.29, 0.717) is 18.8 Å². The molecule has 0 bridgehead atoms. The van der Waals surface area contributed by atoms with Gasteiger partial charge in [0.25, 0.3) is 0 Å². The molecule has 1 atom stereocenters. The van der Waals surface area contributed by atoms with Crippen LogP contribution in [0.2, 0.25) is 0 Å². The second kappa shape index (κ2) is 4.94. The molecule has 16 heavy (non-hydrogen) atoms. The van der Waals surface area contributed by atoms with Gasteiger partial charge in [-0.3, -0.25) is 4.79 Å². The van der Waals surface area contributed by atoms with Gasteiger partial charge in [-0.25, -0.2) is 0 Å². The first-order valence-corrected chi connectivity index (χ1v) is 5.38. The summed E-state index contributed by atoms with van der Waals surface area (Å²) >= 11 is 0. The normalized spacial score (nSPS) is 20.2. The lowest BCUT2D eigenvalue weighted by Crippen LogP contribution is -2.24. The van der Waals surface area contributed by atoms with E-state index >= 15 is 0 Å².